The third kappa shape index (κ3) is 5.03. The second-order valence-corrected chi connectivity index (χ2v) is 7.90. The first-order valence-corrected chi connectivity index (χ1v) is 10.7. The zero-order chi connectivity index (χ0) is 24.1. The van der Waals surface area contributed by atoms with Gasteiger partial charge in [-0.15, -0.1) is 0 Å². The largest absolute Gasteiger partial charge is 0.331 e. The van der Waals surface area contributed by atoms with Crippen LogP contribution in [0, 0.1) is 18.3 Å². The number of rotatable bonds is 6. The van der Waals surface area contributed by atoms with Crippen molar-refractivity contribution in [3.05, 3.63) is 123 Å². The van der Waals surface area contributed by atoms with Gasteiger partial charge in [-0.3, -0.25) is 18.7 Å². The lowest BCUT2D eigenvalue weighted by atomic mass is 10.0. The lowest BCUT2D eigenvalue weighted by Gasteiger charge is -2.13. The summed E-state index contributed by atoms with van der Waals surface area (Å²) in [5.41, 5.74) is 3.59. The van der Waals surface area contributed by atoms with E-state index in [1.165, 1.54) is 16.8 Å². The zero-order valence-electron chi connectivity index (χ0n) is 18.6. The van der Waals surface area contributed by atoms with E-state index in [4.69, 9.17) is 5.26 Å². The van der Waals surface area contributed by atoms with Crippen LogP contribution in [0.2, 0.25) is 0 Å². The number of nitriles is 1. The summed E-state index contributed by atoms with van der Waals surface area (Å²) < 4.78 is 2.33. The number of amides is 1. The maximum Gasteiger partial charge on any atom is 0.331 e. The third-order valence-electron chi connectivity index (χ3n) is 5.50. The Hall–Kier alpha value is -4.70. The fraction of sp³-hybridized carbons (Fsp3) is 0.111. The molecule has 168 valence electrons. The number of carbonyl (C=O) groups is 1. The summed E-state index contributed by atoms with van der Waals surface area (Å²) in [6.07, 6.45) is 1.44. The van der Waals surface area contributed by atoms with Gasteiger partial charge in [-0.25, -0.2) is 4.79 Å². The summed E-state index contributed by atoms with van der Waals surface area (Å²) in [7, 11) is 0. The molecular formula is C27H22N4O3. The van der Waals surface area contributed by atoms with Crippen molar-refractivity contribution in [1.82, 2.24) is 9.13 Å². The molecule has 7 heteroatoms. The Labute approximate surface area is 196 Å². The van der Waals surface area contributed by atoms with Crippen molar-refractivity contribution < 1.29 is 4.79 Å². The highest BCUT2D eigenvalue weighted by Crippen LogP contribution is 2.25. The fourth-order valence-electron chi connectivity index (χ4n) is 3.61. The molecule has 0 aliphatic carbocycles. The molecule has 1 heterocycles. The lowest BCUT2D eigenvalue weighted by molar-refractivity contribution is -0.116. The van der Waals surface area contributed by atoms with Crippen molar-refractivity contribution in [3.63, 3.8) is 0 Å². The summed E-state index contributed by atoms with van der Waals surface area (Å²) >= 11 is 0. The Balaban J connectivity index is 1.55. The highest BCUT2D eigenvalue weighted by Gasteiger charge is 2.12. The number of hydrogen-bond acceptors (Lipinski definition) is 4. The second-order valence-electron chi connectivity index (χ2n) is 7.90. The summed E-state index contributed by atoms with van der Waals surface area (Å²) in [5, 5.41) is 11.8. The van der Waals surface area contributed by atoms with Gasteiger partial charge >= 0.3 is 5.69 Å². The molecule has 0 spiro atoms. The van der Waals surface area contributed by atoms with E-state index in [9.17, 15) is 14.4 Å². The average molecular weight is 450 g/mol. The Morgan fingerprint density at radius 1 is 0.941 bits per heavy atom. The highest BCUT2D eigenvalue weighted by atomic mass is 16.2. The normalized spacial score (nSPS) is 10.5. The van der Waals surface area contributed by atoms with Crippen molar-refractivity contribution in [2.24, 2.45) is 0 Å². The van der Waals surface area contributed by atoms with E-state index in [2.05, 4.69) is 11.4 Å². The molecule has 0 atom stereocenters. The van der Waals surface area contributed by atoms with Crippen molar-refractivity contribution >= 4 is 11.6 Å². The van der Waals surface area contributed by atoms with Gasteiger partial charge in [-0.2, -0.15) is 5.26 Å². The summed E-state index contributed by atoms with van der Waals surface area (Å²) in [4.78, 5) is 38.0. The number of aromatic nitrogens is 2. The van der Waals surface area contributed by atoms with E-state index in [1.54, 1.807) is 12.1 Å². The van der Waals surface area contributed by atoms with Crippen LogP contribution in [0.4, 0.5) is 5.69 Å². The summed E-state index contributed by atoms with van der Waals surface area (Å²) in [5.74, 6) is -0.475. The first-order chi connectivity index (χ1) is 16.4. The Morgan fingerprint density at radius 3 is 2.35 bits per heavy atom. The number of carbonyl (C=O) groups excluding carboxylic acids is 1. The molecule has 7 nitrogen and oxygen atoms in total. The Bertz CT molecular complexity index is 1490. The van der Waals surface area contributed by atoms with Gasteiger partial charge in [0.2, 0.25) is 5.91 Å². The summed E-state index contributed by atoms with van der Waals surface area (Å²) in [6, 6.07) is 25.6. The van der Waals surface area contributed by atoms with Crippen LogP contribution in [-0.2, 0) is 17.9 Å². The molecule has 34 heavy (non-hydrogen) atoms. The second kappa shape index (κ2) is 9.84. The maximum atomic E-state index is 12.9. The highest BCUT2D eigenvalue weighted by molar-refractivity contribution is 5.92. The van der Waals surface area contributed by atoms with Crippen LogP contribution in [0.1, 0.15) is 16.7 Å². The van der Waals surface area contributed by atoms with Crippen LogP contribution >= 0.6 is 0 Å². The van der Waals surface area contributed by atoms with E-state index in [1.807, 2.05) is 67.6 Å². The number of hydrogen-bond donors (Lipinski definition) is 1. The van der Waals surface area contributed by atoms with Gasteiger partial charge < -0.3 is 5.32 Å². The van der Waals surface area contributed by atoms with Crippen LogP contribution in [0.5, 0.6) is 0 Å². The predicted octanol–water partition coefficient (Wildman–Crippen LogP) is 3.54. The molecule has 0 aliphatic heterocycles. The lowest BCUT2D eigenvalue weighted by Crippen LogP contribution is -2.41. The minimum atomic E-state index is -0.547. The topological polar surface area (TPSA) is 96.9 Å². The number of nitrogens with zero attached hydrogens (tertiary/aromatic N) is 3. The average Bonchev–Trinajstić information content (AvgIpc) is 2.85. The van der Waals surface area contributed by atoms with Gasteiger partial charge in [-0.05, 0) is 47.4 Å². The standard InChI is InChI=1S/C27H22N4O3/c1-19-7-10-23(22-11-8-20(16-28)9-12-22)15-24(19)29-25(32)18-31-26(33)13-14-30(27(31)34)17-21-5-3-2-4-6-21/h2-15H,17-18H2,1H3,(H,29,32). The first-order valence-electron chi connectivity index (χ1n) is 10.7. The van der Waals surface area contributed by atoms with E-state index in [0.717, 1.165) is 26.8 Å². The molecule has 0 bridgehead atoms. The van der Waals surface area contributed by atoms with Gasteiger partial charge in [0.05, 0.1) is 18.2 Å². The Morgan fingerprint density at radius 2 is 1.65 bits per heavy atom. The smallest absolute Gasteiger partial charge is 0.324 e. The molecule has 3 aromatic carbocycles. The maximum absolute atomic E-state index is 12.9. The minimum absolute atomic E-state index is 0.299. The zero-order valence-corrected chi connectivity index (χ0v) is 18.6. The quantitative estimate of drug-likeness (QED) is 0.486. The Kier molecular flexibility index (Phi) is 6.51. The van der Waals surface area contributed by atoms with Gasteiger partial charge in [-0.1, -0.05) is 54.6 Å². The van der Waals surface area contributed by atoms with E-state index < -0.39 is 23.7 Å². The molecule has 1 aromatic heterocycles. The van der Waals surface area contributed by atoms with Gasteiger partial charge in [0, 0.05) is 18.0 Å². The molecule has 0 fully saturated rings. The van der Waals surface area contributed by atoms with Crippen molar-refractivity contribution in [1.29, 1.82) is 5.26 Å². The molecule has 0 unspecified atom stereocenters. The molecule has 0 aliphatic rings. The van der Waals surface area contributed by atoms with E-state index >= 15 is 0 Å². The minimum Gasteiger partial charge on any atom is -0.324 e. The van der Waals surface area contributed by atoms with Crippen LogP contribution in [-0.4, -0.2) is 15.0 Å². The van der Waals surface area contributed by atoms with Crippen LogP contribution in [0.25, 0.3) is 11.1 Å². The van der Waals surface area contributed by atoms with Crippen LogP contribution in [0.15, 0.2) is 94.6 Å². The molecule has 1 amide bonds. The van der Waals surface area contributed by atoms with Gasteiger partial charge in [0.15, 0.2) is 0 Å². The van der Waals surface area contributed by atoms with Crippen molar-refractivity contribution in [2.45, 2.75) is 20.0 Å². The monoisotopic (exact) mass is 450 g/mol. The molecule has 0 saturated heterocycles. The van der Waals surface area contributed by atoms with Crippen LogP contribution < -0.4 is 16.6 Å². The molecule has 4 aromatic rings. The molecule has 4 rings (SSSR count). The molecular weight excluding hydrogens is 428 g/mol. The SMILES string of the molecule is Cc1ccc(-c2ccc(C#N)cc2)cc1NC(=O)Cn1c(=O)ccn(Cc2ccccc2)c1=O. The summed E-state index contributed by atoms with van der Waals surface area (Å²) in [6.45, 7) is 1.76. The van der Waals surface area contributed by atoms with E-state index in [0.29, 0.717) is 17.8 Å². The molecule has 0 radical (unpaired) electrons. The third-order valence-corrected chi connectivity index (χ3v) is 5.50. The van der Waals surface area contributed by atoms with Crippen LogP contribution in [0.3, 0.4) is 0 Å². The number of aryl methyl sites for hydroxylation is 1. The number of benzene rings is 3. The molecule has 1 N–H and O–H groups in total. The first kappa shape index (κ1) is 22.5. The van der Waals surface area contributed by atoms with Gasteiger partial charge in [0.1, 0.15) is 6.54 Å². The van der Waals surface area contributed by atoms with Gasteiger partial charge in [0.25, 0.3) is 5.56 Å². The predicted molar refractivity (Wildman–Crippen MR) is 130 cm³/mol. The van der Waals surface area contributed by atoms with E-state index in [-0.39, 0.29) is 0 Å². The number of nitrogens with one attached hydrogen (secondary N) is 1. The van der Waals surface area contributed by atoms with Crippen molar-refractivity contribution in [2.75, 3.05) is 5.32 Å². The fourth-order valence-corrected chi connectivity index (χ4v) is 3.61. The van der Waals surface area contributed by atoms with Crippen molar-refractivity contribution in [3.8, 4) is 17.2 Å². The number of anilines is 1. The molecule has 0 saturated carbocycles.